The van der Waals surface area contributed by atoms with Crippen molar-refractivity contribution >= 4 is 0 Å². The highest BCUT2D eigenvalue weighted by Crippen LogP contribution is 2.59. The van der Waals surface area contributed by atoms with Gasteiger partial charge in [-0.25, -0.2) is 0 Å². The molecule has 0 unspecified atom stereocenters. The highest BCUT2D eigenvalue weighted by molar-refractivity contribution is 5.56. The molecule has 0 aliphatic heterocycles. The van der Waals surface area contributed by atoms with E-state index >= 15 is 0 Å². The minimum Gasteiger partial charge on any atom is -0.0622 e. The highest BCUT2D eigenvalue weighted by Gasteiger charge is 2.53. The highest BCUT2D eigenvalue weighted by atomic mass is 14.6. The van der Waals surface area contributed by atoms with Crippen LogP contribution in [0.15, 0.2) is 83.0 Å². The van der Waals surface area contributed by atoms with Crippen molar-refractivity contribution in [1.82, 2.24) is 0 Å². The van der Waals surface area contributed by atoms with Gasteiger partial charge in [0.05, 0.1) is 0 Å². The van der Waals surface area contributed by atoms with E-state index in [-0.39, 0.29) is 10.8 Å². The lowest BCUT2D eigenvalue weighted by Gasteiger charge is -2.51. The monoisotopic (exact) mass is 344 g/mol. The first-order chi connectivity index (χ1) is 12.2. The van der Waals surface area contributed by atoms with Crippen LogP contribution in [0.5, 0.6) is 0 Å². The standard InChI is InChI=1S/C26H32/c1-18-19(2)21(4)24(20(18)3)26(25(5,6)7,22-14-10-8-11-15-22)23-16-12-9-13-17-23/h8-17,24H,1-7H3. The average molecular weight is 345 g/mol. The maximum absolute atomic E-state index is 2.40. The molecule has 0 heterocycles. The van der Waals surface area contributed by atoms with E-state index in [1.165, 1.54) is 33.4 Å². The van der Waals surface area contributed by atoms with Gasteiger partial charge < -0.3 is 0 Å². The van der Waals surface area contributed by atoms with Gasteiger partial charge in [0, 0.05) is 11.3 Å². The normalized spacial score (nSPS) is 16.6. The van der Waals surface area contributed by atoms with Gasteiger partial charge in [0.1, 0.15) is 0 Å². The molecule has 0 saturated heterocycles. The zero-order chi connectivity index (χ0) is 19.1. The van der Waals surface area contributed by atoms with Gasteiger partial charge in [0.15, 0.2) is 0 Å². The first-order valence-corrected chi connectivity index (χ1v) is 9.69. The largest absolute Gasteiger partial charge is 0.0622 e. The summed E-state index contributed by atoms with van der Waals surface area (Å²) in [7, 11) is 0. The Morgan fingerprint density at radius 2 is 0.923 bits per heavy atom. The van der Waals surface area contributed by atoms with Gasteiger partial charge in [-0.05, 0) is 55.4 Å². The Morgan fingerprint density at radius 3 is 1.23 bits per heavy atom. The molecule has 2 aromatic carbocycles. The molecule has 0 heteroatoms. The van der Waals surface area contributed by atoms with Crippen LogP contribution in [0.25, 0.3) is 0 Å². The molecule has 1 aliphatic rings. The Hall–Kier alpha value is -2.08. The summed E-state index contributed by atoms with van der Waals surface area (Å²) in [5.74, 6) is 0.382. The summed E-state index contributed by atoms with van der Waals surface area (Å²) >= 11 is 0. The molecular weight excluding hydrogens is 312 g/mol. The molecule has 26 heavy (non-hydrogen) atoms. The van der Waals surface area contributed by atoms with Crippen LogP contribution in [0.2, 0.25) is 0 Å². The fraction of sp³-hybridized carbons (Fsp3) is 0.385. The van der Waals surface area contributed by atoms with Gasteiger partial charge in [0.25, 0.3) is 0 Å². The second-order valence-corrected chi connectivity index (χ2v) is 8.84. The lowest BCUT2D eigenvalue weighted by Crippen LogP contribution is -2.48. The Balaban J connectivity index is 2.45. The molecule has 0 N–H and O–H groups in total. The molecule has 0 amide bonds. The molecule has 0 aromatic heterocycles. The van der Waals surface area contributed by atoms with Crippen LogP contribution < -0.4 is 0 Å². The third-order valence-corrected chi connectivity index (χ3v) is 6.69. The number of hydrogen-bond acceptors (Lipinski definition) is 0. The van der Waals surface area contributed by atoms with Gasteiger partial charge in [0.2, 0.25) is 0 Å². The fourth-order valence-electron chi connectivity index (χ4n) is 5.20. The van der Waals surface area contributed by atoms with Crippen molar-refractivity contribution in [2.75, 3.05) is 0 Å². The molecule has 0 fully saturated rings. The Bertz CT molecular complexity index is 778. The Kier molecular flexibility index (Phi) is 4.73. The van der Waals surface area contributed by atoms with Crippen molar-refractivity contribution in [3.05, 3.63) is 94.1 Å². The predicted octanol–water partition coefficient (Wildman–Crippen LogP) is 7.32. The summed E-state index contributed by atoms with van der Waals surface area (Å²) in [5, 5.41) is 0. The van der Waals surface area contributed by atoms with Crippen LogP contribution in [0.3, 0.4) is 0 Å². The van der Waals surface area contributed by atoms with Crippen molar-refractivity contribution in [1.29, 1.82) is 0 Å². The molecule has 0 nitrogen and oxygen atoms in total. The second-order valence-electron chi connectivity index (χ2n) is 8.84. The molecule has 0 radical (unpaired) electrons. The van der Waals surface area contributed by atoms with Gasteiger partial charge in [-0.2, -0.15) is 0 Å². The minimum atomic E-state index is -0.108. The van der Waals surface area contributed by atoms with Crippen LogP contribution in [0, 0.1) is 11.3 Å². The van der Waals surface area contributed by atoms with Crippen LogP contribution in [0.1, 0.15) is 59.6 Å². The van der Waals surface area contributed by atoms with E-state index in [9.17, 15) is 0 Å². The lowest BCUT2D eigenvalue weighted by atomic mass is 9.51. The smallest absolute Gasteiger partial charge is 0.0353 e. The topological polar surface area (TPSA) is 0 Å². The quantitative estimate of drug-likeness (QED) is 0.547. The molecule has 0 spiro atoms. The van der Waals surface area contributed by atoms with Crippen LogP contribution in [0.4, 0.5) is 0 Å². The summed E-state index contributed by atoms with van der Waals surface area (Å²) in [6.45, 7) is 16.5. The van der Waals surface area contributed by atoms with E-state index in [1.54, 1.807) is 0 Å². The van der Waals surface area contributed by atoms with Gasteiger partial charge in [-0.15, -0.1) is 0 Å². The van der Waals surface area contributed by atoms with Crippen molar-refractivity contribution < 1.29 is 0 Å². The van der Waals surface area contributed by atoms with Crippen molar-refractivity contribution in [2.24, 2.45) is 11.3 Å². The van der Waals surface area contributed by atoms with E-state index in [0.717, 1.165) is 0 Å². The molecular formula is C26H32. The van der Waals surface area contributed by atoms with E-state index in [0.29, 0.717) is 5.92 Å². The van der Waals surface area contributed by atoms with Crippen LogP contribution in [-0.2, 0) is 5.41 Å². The molecule has 3 rings (SSSR count). The van der Waals surface area contributed by atoms with Gasteiger partial charge in [-0.3, -0.25) is 0 Å². The zero-order valence-electron chi connectivity index (χ0n) is 17.4. The molecule has 0 bridgehead atoms. The summed E-state index contributed by atoms with van der Waals surface area (Å²) < 4.78 is 0. The Labute approximate surface area is 159 Å². The van der Waals surface area contributed by atoms with Gasteiger partial charge >= 0.3 is 0 Å². The molecule has 0 atom stereocenters. The minimum absolute atomic E-state index is 0.0494. The van der Waals surface area contributed by atoms with Crippen molar-refractivity contribution in [3.63, 3.8) is 0 Å². The molecule has 136 valence electrons. The SMILES string of the molecule is CC1=C(C)C(C(c2ccccc2)(c2ccccc2)C(C)(C)C)C(C)=C1C. The summed E-state index contributed by atoms with van der Waals surface area (Å²) in [4.78, 5) is 0. The van der Waals surface area contributed by atoms with Crippen molar-refractivity contribution in [2.45, 2.75) is 53.9 Å². The van der Waals surface area contributed by atoms with E-state index in [2.05, 4.69) is 109 Å². The molecule has 2 aromatic rings. The number of hydrogen-bond donors (Lipinski definition) is 0. The van der Waals surface area contributed by atoms with Gasteiger partial charge in [-0.1, -0.05) is 92.6 Å². The van der Waals surface area contributed by atoms with E-state index < -0.39 is 0 Å². The molecule has 1 aliphatic carbocycles. The second kappa shape index (κ2) is 6.58. The maximum atomic E-state index is 2.40. The lowest BCUT2D eigenvalue weighted by molar-refractivity contribution is 0.184. The van der Waals surface area contributed by atoms with E-state index in [4.69, 9.17) is 0 Å². The van der Waals surface area contributed by atoms with Crippen LogP contribution in [-0.4, -0.2) is 0 Å². The number of allylic oxidation sites excluding steroid dienone is 4. The van der Waals surface area contributed by atoms with Crippen molar-refractivity contribution in [3.8, 4) is 0 Å². The van der Waals surface area contributed by atoms with Crippen LogP contribution >= 0.6 is 0 Å². The third kappa shape index (κ3) is 2.58. The summed E-state index contributed by atoms with van der Waals surface area (Å²) in [6.07, 6.45) is 0. The first-order valence-electron chi connectivity index (χ1n) is 9.69. The Morgan fingerprint density at radius 1 is 0.577 bits per heavy atom. The number of benzene rings is 2. The predicted molar refractivity (Wildman–Crippen MR) is 113 cm³/mol. The first kappa shape index (κ1) is 18.7. The zero-order valence-corrected chi connectivity index (χ0v) is 17.4. The maximum Gasteiger partial charge on any atom is 0.0353 e. The van der Waals surface area contributed by atoms with E-state index in [1.807, 2.05) is 0 Å². The third-order valence-electron chi connectivity index (χ3n) is 6.69. The number of rotatable bonds is 3. The molecule has 0 saturated carbocycles. The average Bonchev–Trinajstić information content (AvgIpc) is 2.81. The summed E-state index contributed by atoms with van der Waals surface area (Å²) in [6, 6.07) is 22.3. The summed E-state index contributed by atoms with van der Waals surface area (Å²) in [5.41, 5.74) is 8.72. The fourth-order valence-corrected chi connectivity index (χ4v) is 5.20.